The summed E-state index contributed by atoms with van der Waals surface area (Å²) >= 11 is 0. The van der Waals surface area contributed by atoms with Gasteiger partial charge in [0.2, 0.25) is 0 Å². The Bertz CT molecular complexity index is 354. The van der Waals surface area contributed by atoms with Gasteiger partial charge in [-0.25, -0.2) is 4.68 Å². The molecule has 4 heteroatoms. The van der Waals surface area contributed by atoms with Crippen LogP contribution in [0.2, 0.25) is 0 Å². The van der Waals surface area contributed by atoms with Gasteiger partial charge in [0.1, 0.15) is 0 Å². The molecule has 0 aliphatic rings. The molecule has 0 saturated heterocycles. The van der Waals surface area contributed by atoms with Crippen LogP contribution in [0.1, 0.15) is 31.0 Å². The molecule has 0 fully saturated rings. The lowest BCUT2D eigenvalue weighted by Crippen LogP contribution is -2.23. The van der Waals surface area contributed by atoms with Crippen molar-refractivity contribution in [1.29, 1.82) is 0 Å². The summed E-state index contributed by atoms with van der Waals surface area (Å²) in [6, 6.07) is 1.56. The molecule has 0 spiro atoms. The second-order valence-corrected chi connectivity index (χ2v) is 3.38. The fourth-order valence-corrected chi connectivity index (χ4v) is 1.24. The molecular formula is C9H15N3O. The molecule has 1 rings (SSSR count). The zero-order valence-corrected chi connectivity index (χ0v) is 8.24. The Morgan fingerprint density at radius 2 is 2.23 bits per heavy atom. The van der Waals surface area contributed by atoms with Gasteiger partial charge in [0.25, 0.3) is 5.56 Å². The van der Waals surface area contributed by atoms with Gasteiger partial charge in [-0.1, -0.05) is 13.8 Å². The van der Waals surface area contributed by atoms with Crippen LogP contribution in [0.5, 0.6) is 0 Å². The van der Waals surface area contributed by atoms with E-state index < -0.39 is 0 Å². The van der Waals surface area contributed by atoms with E-state index in [1.165, 1.54) is 4.68 Å². The minimum Gasteiger partial charge on any atom is -0.326 e. The van der Waals surface area contributed by atoms with E-state index in [0.29, 0.717) is 12.5 Å². The molecule has 0 aliphatic heterocycles. The highest BCUT2D eigenvalue weighted by atomic mass is 16.1. The average Bonchev–Trinajstić information content (AvgIpc) is 2.08. The van der Waals surface area contributed by atoms with Crippen LogP contribution in [0.15, 0.2) is 10.9 Å². The summed E-state index contributed by atoms with van der Waals surface area (Å²) in [7, 11) is 1.65. The van der Waals surface area contributed by atoms with Crippen LogP contribution in [0.3, 0.4) is 0 Å². The molecule has 0 bridgehead atoms. The monoisotopic (exact) mass is 181 g/mol. The van der Waals surface area contributed by atoms with Gasteiger partial charge >= 0.3 is 0 Å². The lowest BCUT2D eigenvalue weighted by molar-refractivity contribution is 0.640. The highest BCUT2D eigenvalue weighted by Gasteiger charge is 2.08. The zero-order valence-electron chi connectivity index (χ0n) is 8.24. The topological polar surface area (TPSA) is 60.9 Å². The first-order valence-electron chi connectivity index (χ1n) is 4.33. The fraction of sp³-hybridized carbons (Fsp3) is 0.556. The largest absolute Gasteiger partial charge is 0.326 e. The molecule has 2 N–H and O–H groups in total. The second-order valence-electron chi connectivity index (χ2n) is 3.38. The Balaban J connectivity index is 3.33. The summed E-state index contributed by atoms with van der Waals surface area (Å²) in [4.78, 5) is 11.2. The molecular weight excluding hydrogens is 166 g/mol. The first kappa shape index (κ1) is 9.92. The maximum atomic E-state index is 11.2. The number of hydrogen-bond acceptors (Lipinski definition) is 3. The third-order valence-corrected chi connectivity index (χ3v) is 1.97. The van der Waals surface area contributed by atoms with Crippen molar-refractivity contribution < 1.29 is 0 Å². The van der Waals surface area contributed by atoms with Crippen molar-refractivity contribution in [2.75, 3.05) is 0 Å². The molecule has 0 amide bonds. The average molecular weight is 181 g/mol. The van der Waals surface area contributed by atoms with Gasteiger partial charge in [0.05, 0.1) is 5.69 Å². The van der Waals surface area contributed by atoms with Crippen LogP contribution in [0.4, 0.5) is 0 Å². The molecule has 0 saturated carbocycles. The maximum Gasteiger partial charge on any atom is 0.266 e. The lowest BCUT2D eigenvalue weighted by Gasteiger charge is -2.10. The molecule has 1 aromatic rings. The third kappa shape index (κ3) is 1.95. The summed E-state index contributed by atoms with van der Waals surface area (Å²) in [6.07, 6.45) is 0. The highest BCUT2D eigenvalue weighted by molar-refractivity contribution is 5.20. The van der Waals surface area contributed by atoms with Crippen molar-refractivity contribution >= 4 is 0 Å². The standard InChI is InChI=1S/C9H15N3O/c1-6(2)9-7(5-10)4-8(13)12(3)11-9/h4,6H,5,10H2,1-3H3. The van der Waals surface area contributed by atoms with Gasteiger partial charge in [-0.05, 0) is 11.5 Å². The van der Waals surface area contributed by atoms with Crippen molar-refractivity contribution in [3.8, 4) is 0 Å². The third-order valence-electron chi connectivity index (χ3n) is 1.97. The van der Waals surface area contributed by atoms with Crippen molar-refractivity contribution in [3.05, 3.63) is 27.7 Å². The van der Waals surface area contributed by atoms with Crippen LogP contribution in [-0.2, 0) is 13.6 Å². The molecule has 0 aliphatic carbocycles. The van der Waals surface area contributed by atoms with Gasteiger partial charge in [-0.15, -0.1) is 0 Å². The first-order chi connectivity index (χ1) is 6.06. The van der Waals surface area contributed by atoms with Gasteiger partial charge < -0.3 is 5.73 Å². The fourth-order valence-electron chi connectivity index (χ4n) is 1.24. The molecule has 0 aromatic carbocycles. The van der Waals surface area contributed by atoms with E-state index in [4.69, 9.17) is 5.73 Å². The van der Waals surface area contributed by atoms with E-state index in [1.807, 2.05) is 13.8 Å². The van der Waals surface area contributed by atoms with Gasteiger partial charge in [0, 0.05) is 19.7 Å². The number of rotatable bonds is 2. The Morgan fingerprint density at radius 1 is 1.62 bits per heavy atom. The van der Waals surface area contributed by atoms with Gasteiger partial charge in [-0.3, -0.25) is 4.79 Å². The highest BCUT2D eigenvalue weighted by Crippen LogP contribution is 2.13. The van der Waals surface area contributed by atoms with Gasteiger partial charge in [-0.2, -0.15) is 5.10 Å². The molecule has 0 unspecified atom stereocenters. The number of hydrogen-bond donors (Lipinski definition) is 1. The SMILES string of the molecule is CC(C)c1nn(C)c(=O)cc1CN. The van der Waals surface area contributed by atoms with E-state index in [9.17, 15) is 4.79 Å². The number of nitrogens with zero attached hydrogens (tertiary/aromatic N) is 2. The molecule has 13 heavy (non-hydrogen) atoms. The van der Waals surface area contributed by atoms with E-state index in [2.05, 4.69) is 5.10 Å². The van der Waals surface area contributed by atoms with Crippen LogP contribution in [-0.4, -0.2) is 9.78 Å². The minimum absolute atomic E-state index is 0.107. The summed E-state index contributed by atoms with van der Waals surface area (Å²) in [5.41, 5.74) is 7.17. The molecule has 0 atom stereocenters. The predicted octanol–water partition coefficient (Wildman–Crippen LogP) is 0.362. The predicted molar refractivity (Wildman–Crippen MR) is 51.5 cm³/mol. The number of nitrogens with two attached hydrogens (primary N) is 1. The Labute approximate surface area is 77.4 Å². The minimum atomic E-state index is -0.107. The summed E-state index contributed by atoms with van der Waals surface area (Å²) < 4.78 is 1.34. The first-order valence-corrected chi connectivity index (χ1v) is 4.33. The number of aryl methyl sites for hydroxylation is 1. The smallest absolute Gasteiger partial charge is 0.266 e. The van der Waals surface area contributed by atoms with E-state index in [0.717, 1.165) is 11.3 Å². The summed E-state index contributed by atoms with van der Waals surface area (Å²) in [6.45, 7) is 4.44. The van der Waals surface area contributed by atoms with E-state index in [1.54, 1.807) is 13.1 Å². The molecule has 72 valence electrons. The Morgan fingerprint density at radius 3 is 2.69 bits per heavy atom. The Hall–Kier alpha value is -1.16. The maximum absolute atomic E-state index is 11.2. The van der Waals surface area contributed by atoms with Crippen LogP contribution in [0, 0.1) is 0 Å². The quantitative estimate of drug-likeness (QED) is 0.716. The normalized spacial score (nSPS) is 10.8. The molecule has 0 radical (unpaired) electrons. The molecule has 1 heterocycles. The summed E-state index contributed by atoms with van der Waals surface area (Å²) in [5, 5.41) is 4.17. The molecule has 4 nitrogen and oxygen atoms in total. The lowest BCUT2D eigenvalue weighted by atomic mass is 10.1. The van der Waals surface area contributed by atoms with Crippen molar-refractivity contribution in [3.63, 3.8) is 0 Å². The second kappa shape index (κ2) is 3.70. The van der Waals surface area contributed by atoms with Crippen LogP contribution < -0.4 is 11.3 Å². The van der Waals surface area contributed by atoms with Gasteiger partial charge in [0.15, 0.2) is 0 Å². The van der Waals surface area contributed by atoms with Crippen molar-refractivity contribution in [2.45, 2.75) is 26.3 Å². The van der Waals surface area contributed by atoms with Crippen molar-refractivity contribution in [1.82, 2.24) is 9.78 Å². The number of aromatic nitrogens is 2. The van der Waals surface area contributed by atoms with E-state index in [-0.39, 0.29) is 5.56 Å². The zero-order chi connectivity index (χ0) is 10.0. The Kier molecular flexibility index (Phi) is 2.83. The van der Waals surface area contributed by atoms with Crippen molar-refractivity contribution in [2.24, 2.45) is 12.8 Å². The summed E-state index contributed by atoms with van der Waals surface area (Å²) in [5.74, 6) is 0.297. The van der Waals surface area contributed by atoms with Crippen LogP contribution >= 0.6 is 0 Å². The van der Waals surface area contributed by atoms with E-state index >= 15 is 0 Å². The molecule has 1 aromatic heterocycles. The van der Waals surface area contributed by atoms with Crippen LogP contribution in [0.25, 0.3) is 0 Å².